The maximum Gasteiger partial charge on any atom is 0.255 e. The Balaban J connectivity index is 1.92. The van der Waals surface area contributed by atoms with Gasteiger partial charge in [-0.05, 0) is 48.9 Å². The number of rotatable bonds is 7. The van der Waals surface area contributed by atoms with Crippen molar-refractivity contribution in [2.45, 2.75) is 26.2 Å². The van der Waals surface area contributed by atoms with E-state index in [2.05, 4.69) is 17.6 Å². The minimum atomic E-state index is -1.04. The van der Waals surface area contributed by atoms with E-state index in [0.29, 0.717) is 5.69 Å². The third-order valence-corrected chi connectivity index (χ3v) is 3.43. The Morgan fingerprint density at radius 3 is 2.30 bits per heavy atom. The van der Waals surface area contributed by atoms with Gasteiger partial charge in [-0.25, -0.2) is 8.78 Å². The number of halogens is 2. The van der Waals surface area contributed by atoms with Gasteiger partial charge in [-0.3, -0.25) is 4.79 Å². The quantitative estimate of drug-likeness (QED) is 0.719. The van der Waals surface area contributed by atoms with E-state index >= 15 is 0 Å². The fourth-order valence-corrected chi connectivity index (χ4v) is 2.12. The molecule has 0 atom stereocenters. The van der Waals surface area contributed by atoms with Crippen LogP contribution in [0.25, 0.3) is 0 Å². The van der Waals surface area contributed by atoms with Crippen molar-refractivity contribution in [3.05, 3.63) is 59.7 Å². The van der Waals surface area contributed by atoms with Gasteiger partial charge in [0.2, 0.25) is 0 Å². The van der Waals surface area contributed by atoms with Gasteiger partial charge >= 0.3 is 0 Å². The zero-order chi connectivity index (χ0) is 16.7. The zero-order valence-electron chi connectivity index (χ0n) is 13.0. The summed E-state index contributed by atoms with van der Waals surface area (Å²) >= 11 is 0. The van der Waals surface area contributed by atoms with Gasteiger partial charge in [-0.15, -0.1) is 0 Å². The van der Waals surface area contributed by atoms with Crippen molar-refractivity contribution >= 4 is 17.3 Å². The van der Waals surface area contributed by atoms with E-state index < -0.39 is 17.5 Å². The summed E-state index contributed by atoms with van der Waals surface area (Å²) < 4.78 is 26.0. The third-order valence-electron chi connectivity index (χ3n) is 3.43. The first kappa shape index (κ1) is 16.9. The normalized spacial score (nSPS) is 10.4. The average Bonchev–Trinajstić information content (AvgIpc) is 2.55. The number of anilines is 2. The van der Waals surface area contributed by atoms with Crippen LogP contribution >= 0.6 is 0 Å². The molecule has 2 rings (SSSR count). The fraction of sp³-hybridized carbons (Fsp3) is 0.278. The first-order valence-electron chi connectivity index (χ1n) is 7.70. The first-order chi connectivity index (χ1) is 11.1. The summed E-state index contributed by atoms with van der Waals surface area (Å²) in [6.45, 7) is 3.07. The van der Waals surface area contributed by atoms with Crippen LogP contribution in [0.5, 0.6) is 0 Å². The van der Waals surface area contributed by atoms with Crippen LogP contribution in [-0.4, -0.2) is 12.5 Å². The van der Waals surface area contributed by atoms with Crippen LogP contribution < -0.4 is 10.6 Å². The predicted molar refractivity (Wildman–Crippen MR) is 88.8 cm³/mol. The summed E-state index contributed by atoms with van der Waals surface area (Å²) in [6.07, 6.45) is 3.48. The molecule has 2 aromatic rings. The van der Waals surface area contributed by atoms with Gasteiger partial charge in [0.1, 0.15) is 0 Å². The Kier molecular flexibility index (Phi) is 6.09. The molecule has 0 bridgehead atoms. The van der Waals surface area contributed by atoms with Crippen LogP contribution in [0.3, 0.4) is 0 Å². The van der Waals surface area contributed by atoms with Gasteiger partial charge in [-0.2, -0.15) is 0 Å². The lowest BCUT2D eigenvalue weighted by molar-refractivity contribution is 0.102. The van der Waals surface area contributed by atoms with E-state index in [1.165, 1.54) is 18.9 Å². The van der Waals surface area contributed by atoms with Crippen LogP contribution in [0, 0.1) is 11.6 Å². The van der Waals surface area contributed by atoms with Crippen LogP contribution in [0.1, 0.15) is 36.5 Å². The van der Waals surface area contributed by atoms with Crippen LogP contribution in [-0.2, 0) is 0 Å². The number of hydrogen-bond donors (Lipinski definition) is 2. The summed E-state index contributed by atoms with van der Waals surface area (Å²) in [5, 5.41) is 5.95. The van der Waals surface area contributed by atoms with E-state index in [-0.39, 0.29) is 5.56 Å². The SMILES string of the molecule is CCCCCNc1ccc(NC(=O)c2ccc(F)c(F)c2)cc1. The molecular formula is C18H20F2N2O. The van der Waals surface area contributed by atoms with E-state index in [1.807, 2.05) is 12.1 Å². The number of hydrogen-bond acceptors (Lipinski definition) is 2. The molecule has 1 amide bonds. The molecule has 2 N–H and O–H groups in total. The van der Waals surface area contributed by atoms with E-state index in [1.54, 1.807) is 12.1 Å². The Bertz CT molecular complexity index is 657. The van der Waals surface area contributed by atoms with Crippen molar-refractivity contribution in [3.8, 4) is 0 Å². The van der Waals surface area contributed by atoms with Gasteiger partial charge in [0.15, 0.2) is 11.6 Å². The molecule has 122 valence electrons. The second-order valence-corrected chi connectivity index (χ2v) is 5.29. The highest BCUT2D eigenvalue weighted by Crippen LogP contribution is 2.16. The minimum absolute atomic E-state index is 0.0747. The fourth-order valence-electron chi connectivity index (χ4n) is 2.12. The molecular weight excluding hydrogens is 298 g/mol. The molecule has 0 aliphatic heterocycles. The molecule has 0 saturated carbocycles. The van der Waals surface area contributed by atoms with Gasteiger partial charge in [0.05, 0.1) is 0 Å². The molecule has 5 heteroatoms. The van der Waals surface area contributed by atoms with Crippen LogP contribution in [0.2, 0.25) is 0 Å². The maximum atomic E-state index is 13.1. The number of carbonyl (C=O) groups is 1. The van der Waals surface area contributed by atoms with E-state index in [0.717, 1.165) is 30.8 Å². The van der Waals surface area contributed by atoms with Gasteiger partial charge in [0, 0.05) is 23.5 Å². The minimum Gasteiger partial charge on any atom is -0.385 e. The highest BCUT2D eigenvalue weighted by atomic mass is 19.2. The second-order valence-electron chi connectivity index (χ2n) is 5.29. The molecule has 0 aliphatic rings. The molecule has 2 aromatic carbocycles. The molecule has 23 heavy (non-hydrogen) atoms. The lowest BCUT2D eigenvalue weighted by Crippen LogP contribution is -2.12. The lowest BCUT2D eigenvalue weighted by atomic mass is 10.2. The summed E-state index contributed by atoms with van der Waals surface area (Å²) in [6, 6.07) is 10.3. The topological polar surface area (TPSA) is 41.1 Å². The summed E-state index contributed by atoms with van der Waals surface area (Å²) in [4.78, 5) is 12.0. The highest BCUT2D eigenvalue weighted by Gasteiger charge is 2.09. The van der Waals surface area contributed by atoms with Crippen LogP contribution in [0.15, 0.2) is 42.5 Å². The molecule has 0 fully saturated rings. The average molecular weight is 318 g/mol. The van der Waals surface area contributed by atoms with Crippen molar-refractivity contribution < 1.29 is 13.6 Å². The second kappa shape index (κ2) is 8.27. The number of unbranched alkanes of at least 4 members (excludes halogenated alkanes) is 2. The molecule has 3 nitrogen and oxygen atoms in total. The molecule has 0 spiro atoms. The third kappa shape index (κ3) is 5.06. The van der Waals surface area contributed by atoms with Crippen molar-refractivity contribution in [3.63, 3.8) is 0 Å². The summed E-state index contributed by atoms with van der Waals surface area (Å²) in [5.41, 5.74) is 1.65. The molecule has 0 saturated heterocycles. The zero-order valence-corrected chi connectivity index (χ0v) is 13.0. The number of amides is 1. The molecule has 0 aliphatic carbocycles. The van der Waals surface area contributed by atoms with Crippen LogP contribution in [0.4, 0.5) is 20.2 Å². The molecule has 0 aromatic heterocycles. The Labute approximate surface area is 134 Å². The van der Waals surface area contributed by atoms with E-state index in [9.17, 15) is 13.6 Å². The van der Waals surface area contributed by atoms with Crippen molar-refractivity contribution in [1.29, 1.82) is 0 Å². The van der Waals surface area contributed by atoms with Gasteiger partial charge < -0.3 is 10.6 Å². The number of nitrogens with one attached hydrogen (secondary N) is 2. The lowest BCUT2D eigenvalue weighted by Gasteiger charge is -2.09. The highest BCUT2D eigenvalue weighted by molar-refractivity contribution is 6.04. The number of carbonyl (C=O) groups excluding carboxylic acids is 1. The number of benzene rings is 2. The smallest absolute Gasteiger partial charge is 0.255 e. The standard InChI is InChI=1S/C18H20F2N2O/c1-2-3-4-11-21-14-6-8-15(9-7-14)22-18(23)13-5-10-16(19)17(20)12-13/h5-10,12,21H,2-4,11H2,1H3,(H,22,23). The predicted octanol–water partition coefficient (Wildman–Crippen LogP) is 4.82. The summed E-state index contributed by atoms with van der Waals surface area (Å²) in [7, 11) is 0. The first-order valence-corrected chi connectivity index (χ1v) is 7.70. The molecule has 0 unspecified atom stereocenters. The molecule has 0 radical (unpaired) electrons. The summed E-state index contributed by atoms with van der Waals surface area (Å²) in [5.74, 6) is -2.49. The van der Waals surface area contributed by atoms with Crippen molar-refractivity contribution in [1.82, 2.24) is 0 Å². The Hall–Kier alpha value is -2.43. The van der Waals surface area contributed by atoms with Gasteiger partial charge in [0.25, 0.3) is 5.91 Å². The molecule has 0 heterocycles. The van der Waals surface area contributed by atoms with E-state index in [4.69, 9.17) is 0 Å². The maximum absolute atomic E-state index is 13.1. The Morgan fingerprint density at radius 1 is 0.957 bits per heavy atom. The van der Waals surface area contributed by atoms with Gasteiger partial charge in [-0.1, -0.05) is 19.8 Å². The largest absolute Gasteiger partial charge is 0.385 e. The van der Waals surface area contributed by atoms with Crippen molar-refractivity contribution in [2.75, 3.05) is 17.2 Å². The van der Waals surface area contributed by atoms with Crippen molar-refractivity contribution in [2.24, 2.45) is 0 Å². The monoisotopic (exact) mass is 318 g/mol. The Morgan fingerprint density at radius 2 is 1.65 bits per heavy atom.